The second kappa shape index (κ2) is 8.01. The maximum absolute atomic E-state index is 6.03. The first kappa shape index (κ1) is 16.6. The van der Waals surface area contributed by atoms with E-state index in [0.29, 0.717) is 28.7 Å². The first-order chi connectivity index (χ1) is 13.4. The Kier molecular flexibility index (Phi) is 4.93. The Morgan fingerprint density at radius 1 is 0.519 bits per heavy atom. The number of benzene rings is 3. The normalized spacial score (nSPS) is 10.2. The van der Waals surface area contributed by atoms with Gasteiger partial charge in [-0.1, -0.05) is 54.6 Å². The van der Waals surface area contributed by atoms with Crippen LogP contribution in [-0.4, -0.2) is 10.2 Å². The van der Waals surface area contributed by atoms with Crippen molar-refractivity contribution in [1.29, 1.82) is 0 Å². The molecule has 132 valence electrons. The summed E-state index contributed by atoms with van der Waals surface area (Å²) in [6.07, 6.45) is 1.50. The van der Waals surface area contributed by atoms with Crippen LogP contribution in [0.5, 0.6) is 34.6 Å². The Bertz CT molecular complexity index is 934. The molecule has 0 fully saturated rings. The lowest BCUT2D eigenvalue weighted by Crippen LogP contribution is -1.98. The third-order valence-electron chi connectivity index (χ3n) is 3.63. The Hall–Kier alpha value is -3.86. The fourth-order valence-electron chi connectivity index (χ4n) is 2.40. The SMILES string of the molecule is c1ccc(Oc2cnnc(Oc3ccccc3)c2Oc2ccccc2)cc1. The zero-order chi connectivity index (χ0) is 18.3. The van der Waals surface area contributed by atoms with E-state index in [1.54, 1.807) is 0 Å². The molecule has 0 spiro atoms. The number of nitrogens with zero attached hydrogens (tertiary/aromatic N) is 2. The molecule has 0 saturated heterocycles. The van der Waals surface area contributed by atoms with Gasteiger partial charge < -0.3 is 14.2 Å². The van der Waals surface area contributed by atoms with Crippen LogP contribution in [0.1, 0.15) is 0 Å². The second-order valence-corrected chi connectivity index (χ2v) is 5.59. The molecular weight excluding hydrogens is 340 g/mol. The van der Waals surface area contributed by atoms with Crippen LogP contribution in [0.2, 0.25) is 0 Å². The smallest absolute Gasteiger partial charge is 0.286 e. The third kappa shape index (κ3) is 4.22. The number of para-hydroxylation sites is 3. The van der Waals surface area contributed by atoms with Crippen molar-refractivity contribution in [2.75, 3.05) is 0 Å². The molecule has 5 nitrogen and oxygen atoms in total. The highest BCUT2D eigenvalue weighted by atomic mass is 16.5. The summed E-state index contributed by atoms with van der Waals surface area (Å²) in [5, 5.41) is 8.09. The van der Waals surface area contributed by atoms with Gasteiger partial charge in [0, 0.05) is 0 Å². The Balaban J connectivity index is 1.72. The number of hydrogen-bond donors (Lipinski definition) is 0. The fraction of sp³-hybridized carbons (Fsp3) is 0. The van der Waals surface area contributed by atoms with E-state index in [2.05, 4.69) is 10.2 Å². The van der Waals surface area contributed by atoms with Gasteiger partial charge >= 0.3 is 0 Å². The van der Waals surface area contributed by atoms with Gasteiger partial charge in [-0.15, -0.1) is 5.10 Å². The van der Waals surface area contributed by atoms with Crippen LogP contribution in [0.25, 0.3) is 0 Å². The summed E-state index contributed by atoms with van der Waals surface area (Å²) in [4.78, 5) is 0. The summed E-state index contributed by atoms with van der Waals surface area (Å²) in [6, 6.07) is 28.1. The molecule has 3 aromatic carbocycles. The van der Waals surface area contributed by atoms with Gasteiger partial charge in [0.25, 0.3) is 5.88 Å². The highest BCUT2D eigenvalue weighted by Crippen LogP contribution is 2.41. The molecule has 0 N–H and O–H groups in total. The summed E-state index contributed by atoms with van der Waals surface area (Å²) in [5.74, 6) is 2.91. The summed E-state index contributed by atoms with van der Waals surface area (Å²) in [5.41, 5.74) is 0. The Morgan fingerprint density at radius 3 is 1.56 bits per heavy atom. The van der Waals surface area contributed by atoms with Gasteiger partial charge in [0.05, 0.1) is 6.20 Å². The first-order valence-corrected chi connectivity index (χ1v) is 8.43. The van der Waals surface area contributed by atoms with E-state index in [0.717, 1.165) is 0 Å². The molecule has 4 aromatic rings. The predicted octanol–water partition coefficient (Wildman–Crippen LogP) is 5.85. The average Bonchev–Trinajstić information content (AvgIpc) is 2.73. The van der Waals surface area contributed by atoms with Gasteiger partial charge in [0.2, 0.25) is 5.75 Å². The monoisotopic (exact) mass is 356 g/mol. The number of rotatable bonds is 6. The van der Waals surface area contributed by atoms with E-state index in [1.165, 1.54) is 6.20 Å². The zero-order valence-corrected chi connectivity index (χ0v) is 14.4. The van der Waals surface area contributed by atoms with Crippen molar-refractivity contribution in [1.82, 2.24) is 10.2 Å². The summed E-state index contributed by atoms with van der Waals surface area (Å²) < 4.78 is 17.9. The molecule has 0 aliphatic rings. The van der Waals surface area contributed by atoms with E-state index < -0.39 is 0 Å². The van der Waals surface area contributed by atoms with Crippen LogP contribution in [0.4, 0.5) is 0 Å². The molecule has 1 heterocycles. The predicted molar refractivity (Wildman–Crippen MR) is 102 cm³/mol. The van der Waals surface area contributed by atoms with Crippen LogP contribution in [0.3, 0.4) is 0 Å². The lowest BCUT2D eigenvalue weighted by Gasteiger charge is -2.14. The Morgan fingerprint density at radius 2 is 1.00 bits per heavy atom. The van der Waals surface area contributed by atoms with E-state index in [-0.39, 0.29) is 5.88 Å². The minimum atomic E-state index is 0.221. The van der Waals surface area contributed by atoms with E-state index >= 15 is 0 Å². The number of aromatic nitrogens is 2. The standard InChI is InChI=1S/C22H16N2O3/c1-4-10-17(11-5-1)25-20-16-23-24-22(27-19-14-8-3-9-15-19)21(20)26-18-12-6-2-7-13-18/h1-16H. The highest BCUT2D eigenvalue weighted by molar-refractivity contribution is 5.50. The molecule has 1 aromatic heterocycles. The lowest BCUT2D eigenvalue weighted by atomic mass is 10.3. The topological polar surface area (TPSA) is 53.5 Å². The highest BCUT2D eigenvalue weighted by Gasteiger charge is 2.18. The van der Waals surface area contributed by atoms with Gasteiger partial charge in [-0.3, -0.25) is 0 Å². The Labute approximate surface area is 156 Å². The molecule has 0 amide bonds. The second-order valence-electron chi connectivity index (χ2n) is 5.59. The van der Waals surface area contributed by atoms with Gasteiger partial charge in [-0.25, -0.2) is 0 Å². The average molecular weight is 356 g/mol. The van der Waals surface area contributed by atoms with Gasteiger partial charge in [0.15, 0.2) is 5.75 Å². The molecule has 0 aliphatic heterocycles. The minimum absolute atomic E-state index is 0.221. The summed E-state index contributed by atoms with van der Waals surface area (Å²) >= 11 is 0. The molecule has 0 radical (unpaired) electrons. The molecule has 0 saturated carbocycles. The number of hydrogen-bond acceptors (Lipinski definition) is 5. The molecule has 5 heteroatoms. The molecule has 0 atom stereocenters. The van der Waals surface area contributed by atoms with E-state index in [1.807, 2.05) is 91.0 Å². The van der Waals surface area contributed by atoms with Gasteiger partial charge in [-0.05, 0) is 36.4 Å². The van der Waals surface area contributed by atoms with Crippen LogP contribution in [0, 0.1) is 0 Å². The van der Waals surface area contributed by atoms with Gasteiger partial charge in [-0.2, -0.15) is 5.10 Å². The van der Waals surface area contributed by atoms with Crippen LogP contribution in [-0.2, 0) is 0 Å². The summed E-state index contributed by atoms with van der Waals surface area (Å²) in [6.45, 7) is 0. The maximum Gasteiger partial charge on any atom is 0.286 e. The zero-order valence-electron chi connectivity index (χ0n) is 14.4. The minimum Gasteiger partial charge on any atom is -0.452 e. The molecule has 0 aliphatic carbocycles. The van der Waals surface area contributed by atoms with Crippen LogP contribution >= 0.6 is 0 Å². The van der Waals surface area contributed by atoms with Crippen molar-refractivity contribution >= 4 is 0 Å². The van der Waals surface area contributed by atoms with Crippen molar-refractivity contribution in [3.8, 4) is 34.6 Å². The van der Waals surface area contributed by atoms with Crippen molar-refractivity contribution in [2.24, 2.45) is 0 Å². The van der Waals surface area contributed by atoms with E-state index in [9.17, 15) is 0 Å². The first-order valence-electron chi connectivity index (χ1n) is 8.43. The molecule has 27 heavy (non-hydrogen) atoms. The molecule has 0 unspecified atom stereocenters. The molecule has 0 bridgehead atoms. The molecular formula is C22H16N2O3. The number of ether oxygens (including phenoxy) is 3. The van der Waals surface area contributed by atoms with Crippen molar-refractivity contribution in [2.45, 2.75) is 0 Å². The summed E-state index contributed by atoms with van der Waals surface area (Å²) in [7, 11) is 0. The largest absolute Gasteiger partial charge is 0.452 e. The van der Waals surface area contributed by atoms with Crippen molar-refractivity contribution in [3.05, 3.63) is 97.2 Å². The van der Waals surface area contributed by atoms with Crippen LogP contribution in [0.15, 0.2) is 97.2 Å². The fourth-order valence-corrected chi connectivity index (χ4v) is 2.40. The van der Waals surface area contributed by atoms with Crippen molar-refractivity contribution in [3.63, 3.8) is 0 Å². The lowest BCUT2D eigenvalue weighted by molar-refractivity contribution is 0.370. The molecule has 4 rings (SSSR count). The van der Waals surface area contributed by atoms with E-state index in [4.69, 9.17) is 14.2 Å². The van der Waals surface area contributed by atoms with Crippen molar-refractivity contribution < 1.29 is 14.2 Å². The quantitative estimate of drug-likeness (QED) is 0.433. The third-order valence-corrected chi connectivity index (χ3v) is 3.63. The maximum atomic E-state index is 6.03. The van der Waals surface area contributed by atoms with Gasteiger partial charge in [0.1, 0.15) is 17.2 Å². The van der Waals surface area contributed by atoms with Crippen LogP contribution < -0.4 is 14.2 Å².